The lowest BCUT2D eigenvalue weighted by atomic mass is 9.71. The van der Waals surface area contributed by atoms with Crippen LogP contribution in [0, 0.1) is 11.6 Å². The van der Waals surface area contributed by atoms with E-state index in [0.717, 1.165) is 25.7 Å². The van der Waals surface area contributed by atoms with Gasteiger partial charge in [-0.25, -0.2) is 34.6 Å². The van der Waals surface area contributed by atoms with Crippen LogP contribution in [0.4, 0.5) is 29.5 Å². The van der Waals surface area contributed by atoms with E-state index in [2.05, 4.69) is 30.6 Å². The third-order valence-electron chi connectivity index (χ3n) is 8.35. The summed E-state index contributed by atoms with van der Waals surface area (Å²) in [5, 5.41) is 6.33. The molecule has 264 valence electrons. The highest BCUT2D eigenvalue weighted by molar-refractivity contribution is 5.95. The molecule has 2 heterocycles. The van der Waals surface area contributed by atoms with Gasteiger partial charge in [-0.2, -0.15) is 8.78 Å². The Kier molecular flexibility index (Phi) is 12.0. The number of hydrazine groups is 2. The number of aromatic nitrogens is 4. The monoisotopic (exact) mass is 696 g/mol. The Bertz CT molecular complexity index is 1790. The maximum atomic E-state index is 14.2. The number of nitrogens with two attached hydrogens (primary N) is 1. The van der Waals surface area contributed by atoms with Crippen molar-refractivity contribution < 1.29 is 31.9 Å². The zero-order chi connectivity index (χ0) is 35.0. The SMILES string of the molecule is C.NNC(=O)c1cnc(NC2(c3ccccc3F)CCC2)nc1.O=C(NNC(=O)C(F)F)c1cnc(NC2(c3ccccc3F)CCC2)nc1. The maximum absolute atomic E-state index is 14.2. The quantitative estimate of drug-likeness (QED) is 0.0630. The number of rotatable bonds is 9. The van der Waals surface area contributed by atoms with Gasteiger partial charge in [-0.15, -0.1) is 0 Å². The van der Waals surface area contributed by atoms with Gasteiger partial charge in [0.1, 0.15) is 11.6 Å². The molecule has 0 radical (unpaired) electrons. The van der Waals surface area contributed by atoms with Crippen molar-refractivity contribution in [2.24, 2.45) is 5.84 Å². The molecule has 13 nitrogen and oxygen atoms in total. The average molecular weight is 697 g/mol. The minimum atomic E-state index is -3.25. The van der Waals surface area contributed by atoms with E-state index >= 15 is 0 Å². The van der Waals surface area contributed by atoms with Crippen LogP contribution in [0.5, 0.6) is 0 Å². The van der Waals surface area contributed by atoms with Gasteiger partial charge in [-0.05, 0) is 50.7 Å². The number of halogens is 4. The van der Waals surface area contributed by atoms with Gasteiger partial charge in [0.05, 0.1) is 22.2 Å². The molecule has 0 spiro atoms. The molecular weight excluding hydrogens is 660 g/mol. The van der Waals surface area contributed by atoms with Crippen LogP contribution in [0.25, 0.3) is 0 Å². The molecular formula is C33H36F4N10O3. The van der Waals surface area contributed by atoms with Crippen LogP contribution >= 0.6 is 0 Å². The molecule has 0 unspecified atom stereocenters. The Labute approximate surface area is 284 Å². The van der Waals surface area contributed by atoms with Gasteiger partial charge in [0, 0.05) is 35.9 Å². The number of alkyl halides is 2. The van der Waals surface area contributed by atoms with E-state index in [1.54, 1.807) is 35.8 Å². The topological polar surface area (TPSA) is 189 Å². The largest absolute Gasteiger partial charge is 0.345 e. The molecule has 4 aromatic rings. The van der Waals surface area contributed by atoms with Crippen molar-refractivity contribution in [3.05, 3.63) is 107 Å². The Hall–Kier alpha value is -5.71. The van der Waals surface area contributed by atoms with Crippen molar-refractivity contribution in [3.63, 3.8) is 0 Å². The van der Waals surface area contributed by atoms with Crippen molar-refractivity contribution in [2.45, 2.75) is 63.5 Å². The Morgan fingerprint density at radius 3 is 1.40 bits per heavy atom. The van der Waals surface area contributed by atoms with Gasteiger partial charge in [0.25, 0.3) is 11.8 Å². The summed E-state index contributed by atoms with van der Waals surface area (Å²) in [5.74, 6) is 2.12. The molecule has 2 saturated carbocycles. The van der Waals surface area contributed by atoms with E-state index in [1.807, 2.05) is 16.9 Å². The van der Waals surface area contributed by atoms with Crippen molar-refractivity contribution in [1.29, 1.82) is 0 Å². The fraction of sp³-hybridized carbons (Fsp3) is 0.303. The fourth-order valence-electron chi connectivity index (χ4n) is 5.46. The standard InChI is InChI=1S/C17H16F3N5O2.C15H16FN5O.CH4/c18-12-5-2-1-4-11(12)17(6-3-7-17)23-16-21-8-10(9-22-16)14(26)24-25-15(27)13(19)20;16-12-5-2-1-4-11(12)15(6-3-7-15)20-14-18-8-10(9-19-14)13(22)21-17;/h1-2,4-5,8-9,13H,3,6-7H2,(H,24,26)(H,25,27)(H,21,22,23);1-2,4-5,8-9H,3,6-7,17H2,(H,21,22)(H,18,19,20);1H4. The highest BCUT2D eigenvalue weighted by atomic mass is 19.3. The summed E-state index contributed by atoms with van der Waals surface area (Å²) in [5.41, 5.74) is 5.71. The van der Waals surface area contributed by atoms with E-state index in [0.29, 0.717) is 29.9 Å². The number of anilines is 2. The van der Waals surface area contributed by atoms with Crippen LogP contribution in [0.15, 0.2) is 73.3 Å². The van der Waals surface area contributed by atoms with Gasteiger partial charge in [0.2, 0.25) is 11.9 Å². The first kappa shape index (κ1) is 37.1. The van der Waals surface area contributed by atoms with Crippen LogP contribution in [0.1, 0.15) is 77.8 Å². The van der Waals surface area contributed by atoms with Crippen LogP contribution < -0.4 is 32.8 Å². The summed E-state index contributed by atoms with van der Waals surface area (Å²) in [6, 6.07) is 13.2. The first-order chi connectivity index (χ1) is 23.6. The molecule has 3 amide bonds. The zero-order valence-electron chi connectivity index (χ0n) is 25.9. The summed E-state index contributed by atoms with van der Waals surface area (Å²) in [4.78, 5) is 50.1. The van der Waals surface area contributed by atoms with Crippen LogP contribution in [0.3, 0.4) is 0 Å². The summed E-state index contributed by atoms with van der Waals surface area (Å²) < 4.78 is 52.4. The molecule has 0 aliphatic heterocycles. The average Bonchev–Trinajstić information content (AvgIpc) is 3.08. The smallest absolute Gasteiger partial charge is 0.317 e. The molecule has 0 saturated heterocycles. The molecule has 2 fully saturated rings. The predicted octanol–water partition coefficient (Wildman–Crippen LogP) is 4.48. The lowest BCUT2D eigenvalue weighted by molar-refractivity contribution is -0.132. The minimum Gasteiger partial charge on any atom is -0.345 e. The third-order valence-corrected chi connectivity index (χ3v) is 8.35. The highest BCUT2D eigenvalue weighted by Crippen LogP contribution is 2.45. The summed E-state index contributed by atoms with van der Waals surface area (Å²) in [7, 11) is 0. The van der Waals surface area contributed by atoms with Gasteiger partial charge in [-0.3, -0.25) is 30.7 Å². The number of nitrogens with one attached hydrogen (secondary N) is 5. The molecule has 6 rings (SSSR count). The number of amides is 3. The molecule has 50 heavy (non-hydrogen) atoms. The number of carbonyl (C=O) groups excluding carboxylic acids is 3. The lowest BCUT2D eigenvalue weighted by Gasteiger charge is -2.43. The normalized spacial score (nSPS) is 15.0. The molecule has 2 aromatic carbocycles. The van der Waals surface area contributed by atoms with E-state index in [4.69, 9.17) is 5.84 Å². The van der Waals surface area contributed by atoms with Gasteiger partial charge < -0.3 is 10.6 Å². The zero-order valence-corrected chi connectivity index (χ0v) is 25.9. The minimum absolute atomic E-state index is 0. The van der Waals surface area contributed by atoms with E-state index in [9.17, 15) is 31.9 Å². The van der Waals surface area contributed by atoms with Crippen LogP contribution in [-0.2, 0) is 15.9 Å². The molecule has 2 aromatic heterocycles. The Morgan fingerprint density at radius 1 is 0.660 bits per heavy atom. The van der Waals surface area contributed by atoms with Crippen molar-refractivity contribution in [1.82, 2.24) is 36.2 Å². The lowest BCUT2D eigenvalue weighted by Crippen LogP contribution is -2.44. The van der Waals surface area contributed by atoms with Gasteiger partial charge in [0.15, 0.2) is 0 Å². The van der Waals surface area contributed by atoms with Gasteiger partial charge >= 0.3 is 12.3 Å². The third kappa shape index (κ3) is 8.28. The fourth-order valence-corrected chi connectivity index (χ4v) is 5.46. The predicted molar refractivity (Wildman–Crippen MR) is 175 cm³/mol. The molecule has 2 aliphatic carbocycles. The summed E-state index contributed by atoms with van der Waals surface area (Å²) in [6.45, 7) is 0. The first-order valence-electron chi connectivity index (χ1n) is 15.2. The van der Waals surface area contributed by atoms with E-state index in [1.165, 1.54) is 36.9 Å². The Balaban J connectivity index is 0.000000225. The van der Waals surface area contributed by atoms with Crippen molar-refractivity contribution in [3.8, 4) is 0 Å². The van der Waals surface area contributed by atoms with Crippen molar-refractivity contribution in [2.75, 3.05) is 10.6 Å². The number of nitrogen functional groups attached to an aromatic ring is 1. The molecule has 0 atom stereocenters. The number of carbonyl (C=O) groups is 3. The number of nitrogens with zero attached hydrogens (tertiary/aromatic N) is 4. The second kappa shape index (κ2) is 16.1. The Morgan fingerprint density at radius 2 is 1.06 bits per heavy atom. The van der Waals surface area contributed by atoms with E-state index in [-0.39, 0.29) is 36.1 Å². The van der Waals surface area contributed by atoms with Crippen LogP contribution in [0.2, 0.25) is 0 Å². The van der Waals surface area contributed by atoms with Crippen LogP contribution in [-0.4, -0.2) is 44.1 Å². The number of benzene rings is 2. The molecule has 0 bridgehead atoms. The maximum Gasteiger partial charge on any atom is 0.317 e. The summed E-state index contributed by atoms with van der Waals surface area (Å²) >= 11 is 0. The molecule has 2 aliphatic rings. The van der Waals surface area contributed by atoms with Crippen molar-refractivity contribution >= 4 is 29.6 Å². The molecule has 7 N–H and O–H groups in total. The molecule has 17 heteroatoms. The second-order valence-corrected chi connectivity index (χ2v) is 11.4. The van der Waals surface area contributed by atoms with E-state index < -0.39 is 35.2 Å². The second-order valence-electron chi connectivity index (χ2n) is 11.4. The van der Waals surface area contributed by atoms with Gasteiger partial charge in [-0.1, -0.05) is 43.8 Å². The first-order valence-corrected chi connectivity index (χ1v) is 15.2. The number of hydrogen-bond acceptors (Lipinski definition) is 10. The number of hydrogen-bond donors (Lipinski definition) is 6. The summed E-state index contributed by atoms with van der Waals surface area (Å²) in [6.07, 6.45) is 6.82. The highest BCUT2D eigenvalue weighted by Gasteiger charge is 2.42.